The predicted molar refractivity (Wildman–Crippen MR) is 89.6 cm³/mol. The Morgan fingerprint density at radius 1 is 0.957 bits per heavy atom. The summed E-state index contributed by atoms with van der Waals surface area (Å²) in [4.78, 5) is 29.7. The van der Waals surface area contributed by atoms with Crippen molar-refractivity contribution in [1.82, 2.24) is 10.3 Å². The van der Waals surface area contributed by atoms with Crippen LogP contribution >= 0.6 is 11.3 Å². The molecule has 114 valence electrons. The molecule has 0 radical (unpaired) electrons. The van der Waals surface area contributed by atoms with Crippen LogP contribution in [0.4, 0.5) is 0 Å². The Morgan fingerprint density at radius 2 is 1.74 bits per heavy atom. The second-order valence-electron chi connectivity index (χ2n) is 4.86. The van der Waals surface area contributed by atoms with Gasteiger partial charge in [-0.05, 0) is 29.6 Å². The molecule has 0 fully saturated rings. The van der Waals surface area contributed by atoms with Crippen molar-refractivity contribution in [2.45, 2.75) is 6.54 Å². The van der Waals surface area contributed by atoms with E-state index in [1.165, 1.54) is 11.3 Å². The molecule has 2 heterocycles. The molecule has 0 saturated carbocycles. The number of benzene rings is 1. The van der Waals surface area contributed by atoms with Gasteiger partial charge in [0.25, 0.3) is 5.91 Å². The molecule has 2 aromatic heterocycles. The minimum absolute atomic E-state index is 0.136. The zero-order valence-corrected chi connectivity index (χ0v) is 13.0. The maximum absolute atomic E-state index is 12.5. The highest BCUT2D eigenvalue weighted by Gasteiger charge is 2.18. The first-order valence-corrected chi connectivity index (χ1v) is 7.99. The quantitative estimate of drug-likeness (QED) is 0.733. The summed E-state index contributed by atoms with van der Waals surface area (Å²) in [6.45, 7) is 0.321. The lowest BCUT2D eigenvalue weighted by atomic mass is 10.0. The van der Waals surface area contributed by atoms with Crippen LogP contribution < -0.4 is 5.32 Å². The molecule has 4 nitrogen and oxygen atoms in total. The minimum atomic E-state index is -0.281. The number of hydrogen-bond donors (Lipinski definition) is 1. The zero-order valence-electron chi connectivity index (χ0n) is 12.2. The van der Waals surface area contributed by atoms with Crippen molar-refractivity contribution in [2.75, 3.05) is 0 Å². The lowest BCUT2D eigenvalue weighted by molar-refractivity contribution is 0.0939. The third-order valence-electron chi connectivity index (χ3n) is 3.32. The fourth-order valence-corrected chi connectivity index (χ4v) is 2.87. The molecule has 0 bridgehead atoms. The van der Waals surface area contributed by atoms with Gasteiger partial charge in [0.2, 0.25) is 5.78 Å². The van der Waals surface area contributed by atoms with E-state index in [0.29, 0.717) is 22.5 Å². The number of aromatic nitrogens is 1. The van der Waals surface area contributed by atoms with Crippen molar-refractivity contribution in [3.05, 3.63) is 87.9 Å². The maximum atomic E-state index is 12.5. The first kappa shape index (κ1) is 15.1. The molecule has 5 heteroatoms. The number of carbonyl (C=O) groups is 2. The van der Waals surface area contributed by atoms with Gasteiger partial charge in [-0.25, -0.2) is 0 Å². The molecule has 0 atom stereocenters. The summed E-state index contributed by atoms with van der Waals surface area (Å²) in [7, 11) is 0. The minimum Gasteiger partial charge on any atom is -0.346 e. The third kappa shape index (κ3) is 3.52. The Kier molecular flexibility index (Phi) is 4.59. The molecule has 1 amide bonds. The highest BCUT2D eigenvalue weighted by molar-refractivity contribution is 7.12. The van der Waals surface area contributed by atoms with E-state index in [-0.39, 0.29) is 11.7 Å². The number of thiophene rings is 1. The van der Waals surface area contributed by atoms with Gasteiger partial charge in [-0.3, -0.25) is 14.6 Å². The molecule has 0 saturated heterocycles. The summed E-state index contributed by atoms with van der Waals surface area (Å²) in [5, 5.41) is 4.65. The molecule has 0 spiro atoms. The smallest absolute Gasteiger partial charge is 0.252 e. The zero-order chi connectivity index (χ0) is 16.1. The first-order chi connectivity index (χ1) is 11.3. The Balaban J connectivity index is 1.80. The number of ketones is 1. The van der Waals surface area contributed by atoms with Crippen LogP contribution in [0, 0.1) is 0 Å². The van der Waals surface area contributed by atoms with E-state index in [9.17, 15) is 9.59 Å². The van der Waals surface area contributed by atoms with E-state index in [1.807, 2.05) is 29.6 Å². The molecular formula is C18H14N2O2S. The second-order valence-corrected chi connectivity index (χ2v) is 5.80. The molecule has 23 heavy (non-hydrogen) atoms. The summed E-state index contributed by atoms with van der Waals surface area (Å²) in [6.07, 6.45) is 1.68. The first-order valence-electron chi connectivity index (χ1n) is 7.11. The van der Waals surface area contributed by atoms with Crippen molar-refractivity contribution in [1.29, 1.82) is 0 Å². The van der Waals surface area contributed by atoms with Gasteiger partial charge in [0.15, 0.2) is 0 Å². The lowest BCUT2D eigenvalue weighted by Crippen LogP contribution is -2.25. The molecule has 3 rings (SSSR count). The molecule has 1 N–H and O–H groups in total. The Morgan fingerprint density at radius 3 is 2.43 bits per heavy atom. The van der Waals surface area contributed by atoms with Gasteiger partial charge in [-0.15, -0.1) is 11.3 Å². The number of carbonyl (C=O) groups excluding carboxylic acids is 2. The summed E-state index contributed by atoms with van der Waals surface area (Å²) in [6, 6.07) is 16.0. The third-order valence-corrected chi connectivity index (χ3v) is 4.19. The van der Waals surface area contributed by atoms with Gasteiger partial charge in [0.1, 0.15) is 0 Å². The van der Waals surface area contributed by atoms with E-state index in [4.69, 9.17) is 0 Å². The normalized spacial score (nSPS) is 10.3. The maximum Gasteiger partial charge on any atom is 0.252 e. The van der Waals surface area contributed by atoms with Crippen LogP contribution in [0.3, 0.4) is 0 Å². The van der Waals surface area contributed by atoms with Crippen LogP contribution in [0.2, 0.25) is 0 Å². The number of amides is 1. The lowest BCUT2D eigenvalue weighted by Gasteiger charge is -2.08. The largest absolute Gasteiger partial charge is 0.346 e. The monoisotopic (exact) mass is 322 g/mol. The summed E-state index contributed by atoms with van der Waals surface area (Å²) in [5.74, 6) is -0.417. The second kappa shape index (κ2) is 6.98. The topological polar surface area (TPSA) is 59.1 Å². The van der Waals surface area contributed by atoms with E-state index < -0.39 is 0 Å². The average Bonchev–Trinajstić information content (AvgIpc) is 3.14. The molecule has 0 aliphatic carbocycles. The fourth-order valence-electron chi connectivity index (χ4n) is 2.19. The van der Waals surface area contributed by atoms with Crippen molar-refractivity contribution in [2.24, 2.45) is 0 Å². The number of nitrogens with zero attached hydrogens (tertiary/aromatic N) is 1. The molecule has 0 unspecified atom stereocenters. The van der Waals surface area contributed by atoms with Crippen LogP contribution in [0.1, 0.15) is 31.3 Å². The van der Waals surface area contributed by atoms with Gasteiger partial charge in [0, 0.05) is 11.8 Å². The number of nitrogens with one attached hydrogen (secondary N) is 1. The van der Waals surface area contributed by atoms with E-state index in [1.54, 1.807) is 36.5 Å². The van der Waals surface area contributed by atoms with Crippen LogP contribution in [-0.4, -0.2) is 16.7 Å². The van der Waals surface area contributed by atoms with E-state index in [2.05, 4.69) is 10.3 Å². The number of rotatable bonds is 5. The van der Waals surface area contributed by atoms with Gasteiger partial charge in [0.05, 0.1) is 22.7 Å². The van der Waals surface area contributed by atoms with E-state index in [0.717, 1.165) is 5.69 Å². The van der Waals surface area contributed by atoms with Crippen molar-refractivity contribution in [3.63, 3.8) is 0 Å². The van der Waals surface area contributed by atoms with Gasteiger partial charge >= 0.3 is 0 Å². The van der Waals surface area contributed by atoms with E-state index >= 15 is 0 Å². The predicted octanol–water partition coefficient (Wildman–Crippen LogP) is 3.30. The molecular weight excluding hydrogens is 308 g/mol. The standard InChI is InChI=1S/C18H14N2O2S/c21-17(16-9-5-11-23-16)14-7-1-2-8-15(14)18(22)20-12-13-6-3-4-10-19-13/h1-11H,12H2,(H,20,22). The van der Waals surface area contributed by atoms with Crippen LogP contribution in [-0.2, 0) is 6.54 Å². The fraction of sp³-hybridized carbons (Fsp3) is 0.0556. The SMILES string of the molecule is O=C(NCc1ccccn1)c1ccccc1C(=O)c1cccs1. The summed E-state index contributed by atoms with van der Waals surface area (Å²) >= 11 is 1.37. The van der Waals surface area contributed by atoms with Crippen LogP contribution in [0.25, 0.3) is 0 Å². The highest BCUT2D eigenvalue weighted by atomic mass is 32.1. The number of pyridine rings is 1. The Labute approximate surface area is 137 Å². The van der Waals surface area contributed by atoms with Gasteiger partial charge in [-0.1, -0.05) is 30.3 Å². The average molecular weight is 322 g/mol. The molecule has 0 aliphatic heterocycles. The van der Waals surface area contributed by atoms with Gasteiger partial charge in [-0.2, -0.15) is 0 Å². The van der Waals surface area contributed by atoms with Crippen LogP contribution in [0.5, 0.6) is 0 Å². The van der Waals surface area contributed by atoms with Crippen molar-refractivity contribution >= 4 is 23.0 Å². The molecule has 1 aromatic carbocycles. The highest BCUT2D eigenvalue weighted by Crippen LogP contribution is 2.18. The molecule has 3 aromatic rings. The van der Waals surface area contributed by atoms with Crippen LogP contribution in [0.15, 0.2) is 66.2 Å². The number of hydrogen-bond acceptors (Lipinski definition) is 4. The van der Waals surface area contributed by atoms with Crippen molar-refractivity contribution < 1.29 is 9.59 Å². The van der Waals surface area contributed by atoms with Crippen molar-refractivity contribution in [3.8, 4) is 0 Å². The Bertz CT molecular complexity index is 814. The van der Waals surface area contributed by atoms with Gasteiger partial charge < -0.3 is 5.32 Å². The summed E-state index contributed by atoms with van der Waals surface area (Å²) in [5.41, 5.74) is 1.55. The molecule has 0 aliphatic rings. The summed E-state index contributed by atoms with van der Waals surface area (Å²) < 4.78 is 0. The Hall–Kier alpha value is -2.79.